The highest BCUT2D eigenvalue weighted by Gasteiger charge is 2.42. The zero-order valence-electron chi connectivity index (χ0n) is 14.7. The fraction of sp³-hybridized carbons (Fsp3) is 0.136. The van der Waals surface area contributed by atoms with Crippen LogP contribution in [0.1, 0.15) is 29.2 Å². The van der Waals surface area contributed by atoms with Gasteiger partial charge < -0.3 is 0 Å². The van der Waals surface area contributed by atoms with Crippen LogP contribution in [0.4, 0.5) is 22.0 Å². The molecule has 3 rings (SSSR count). The Bertz CT molecular complexity index is 994. The number of halogens is 5. The van der Waals surface area contributed by atoms with Crippen molar-refractivity contribution in [3.63, 3.8) is 0 Å². The number of rotatable bonds is 4. The van der Waals surface area contributed by atoms with Gasteiger partial charge in [0.05, 0.1) is 5.56 Å². The van der Waals surface area contributed by atoms with Gasteiger partial charge in [-0.15, -0.1) is 0 Å². The highest BCUT2D eigenvalue weighted by atomic mass is 19.4. The molecule has 6 heteroatoms. The van der Waals surface area contributed by atoms with Gasteiger partial charge in [-0.3, -0.25) is 4.79 Å². The third-order valence-electron chi connectivity index (χ3n) is 4.73. The topological polar surface area (TPSA) is 17.1 Å². The van der Waals surface area contributed by atoms with E-state index in [1.54, 1.807) is 30.3 Å². The largest absolute Gasteiger partial charge is 0.416 e. The molecule has 0 radical (unpaired) electrons. The van der Waals surface area contributed by atoms with E-state index in [0.29, 0.717) is 5.56 Å². The Kier molecular flexibility index (Phi) is 5.06. The lowest BCUT2D eigenvalue weighted by atomic mass is 9.67. The number of hydrogen-bond donors (Lipinski definition) is 0. The van der Waals surface area contributed by atoms with Gasteiger partial charge in [-0.05, 0) is 47.9 Å². The van der Waals surface area contributed by atoms with E-state index in [1.165, 1.54) is 25.1 Å². The quantitative estimate of drug-likeness (QED) is 0.400. The van der Waals surface area contributed by atoms with Crippen LogP contribution >= 0.6 is 0 Å². The zero-order valence-corrected chi connectivity index (χ0v) is 14.7. The molecule has 0 fully saturated rings. The Labute approximate surface area is 158 Å². The summed E-state index contributed by atoms with van der Waals surface area (Å²) >= 11 is 0. The highest BCUT2D eigenvalue weighted by Crippen LogP contribution is 2.41. The molecule has 0 spiro atoms. The van der Waals surface area contributed by atoms with Crippen molar-refractivity contribution in [2.75, 3.05) is 0 Å². The highest BCUT2D eigenvalue weighted by molar-refractivity contribution is 5.96. The van der Waals surface area contributed by atoms with Gasteiger partial charge >= 0.3 is 6.18 Å². The minimum absolute atomic E-state index is 0.129. The molecule has 3 aromatic rings. The minimum atomic E-state index is -4.54. The van der Waals surface area contributed by atoms with Crippen LogP contribution in [-0.2, 0) is 16.4 Å². The molecule has 0 amide bonds. The van der Waals surface area contributed by atoms with Gasteiger partial charge in [-0.1, -0.05) is 48.5 Å². The number of hydrogen-bond acceptors (Lipinski definition) is 1. The molecule has 0 aliphatic rings. The van der Waals surface area contributed by atoms with E-state index in [0.717, 1.165) is 24.3 Å². The van der Waals surface area contributed by atoms with E-state index < -0.39 is 34.6 Å². The van der Waals surface area contributed by atoms with Gasteiger partial charge in [-0.2, -0.15) is 13.2 Å². The maximum Gasteiger partial charge on any atom is 0.416 e. The maximum absolute atomic E-state index is 14.0. The van der Waals surface area contributed by atoms with Crippen LogP contribution in [-0.4, -0.2) is 5.78 Å². The second kappa shape index (κ2) is 7.19. The van der Waals surface area contributed by atoms with Crippen LogP contribution in [0.25, 0.3) is 0 Å². The number of alkyl halides is 3. The van der Waals surface area contributed by atoms with E-state index >= 15 is 0 Å². The number of Topliss-reactive ketones (excluding diaryl/α,β-unsaturated/α-hetero) is 1. The summed E-state index contributed by atoms with van der Waals surface area (Å²) in [6, 6.07) is 15.5. The smallest absolute Gasteiger partial charge is 0.298 e. The Balaban J connectivity index is 2.33. The second-order valence-electron chi connectivity index (χ2n) is 6.38. The SMILES string of the molecule is CC(=O)C(c1ccccc1)(c1ccc(C(F)(F)F)cc1)c1ccc(F)c(F)c1. The van der Waals surface area contributed by atoms with Crippen LogP contribution in [0.3, 0.4) is 0 Å². The molecule has 0 aliphatic carbocycles. The first kappa shape index (κ1) is 19.7. The van der Waals surface area contributed by atoms with Gasteiger partial charge in [0.15, 0.2) is 11.6 Å². The molecule has 144 valence electrons. The first-order chi connectivity index (χ1) is 13.2. The van der Waals surface area contributed by atoms with Crippen molar-refractivity contribution in [1.29, 1.82) is 0 Å². The van der Waals surface area contributed by atoms with Gasteiger partial charge in [0.25, 0.3) is 0 Å². The average molecular weight is 390 g/mol. The molecule has 0 N–H and O–H groups in total. The van der Waals surface area contributed by atoms with Gasteiger partial charge in [-0.25, -0.2) is 8.78 Å². The van der Waals surface area contributed by atoms with Crippen molar-refractivity contribution < 1.29 is 26.7 Å². The molecule has 1 atom stereocenters. The van der Waals surface area contributed by atoms with E-state index in [1.807, 2.05) is 0 Å². The Morgan fingerprint density at radius 3 is 1.68 bits per heavy atom. The summed E-state index contributed by atoms with van der Waals surface area (Å²) in [7, 11) is 0. The van der Waals surface area contributed by atoms with Crippen molar-refractivity contribution >= 4 is 5.78 Å². The Hall–Kier alpha value is -3.02. The predicted octanol–water partition coefficient (Wildman–Crippen LogP) is 5.91. The monoisotopic (exact) mass is 390 g/mol. The van der Waals surface area contributed by atoms with E-state index in [-0.39, 0.29) is 11.1 Å². The molecule has 0 aromatic heterocycles. The molecule has 0 saturated carbocycles. The Morgan fingerprint density at radius 2 is 1.18 bits per heavy atom. The summed E-state index contributed by atoms with van der Waals surface area (Å²) in [6.45, 7) is 1.27. The van der Waals surface area contributed by atoms with Crippen LogP contribution in [0.15, 0.2) is 72.8 Å². The van der Waals surface area contributed by atoms with E-state index in [2.05, 4.69) is 0 Å². The molecule has 0 saturated heterocycles. The summed E-state index contributed by atoms with van der Waals surface area (Å²) in [5.74, 6) is -2.67. The van der Waals surface area contributed by atoms with Crippen LogP contribution < -0.4 is 0 Å². The predicted molar refractivity (Wildman–Crippen MR) is 94.8 cm³/mol. The summed E-state index contributed by atoms with van der Waals surface area (Å²) in [5, 5.41) is 0. The number of carbonyl (C=O) groups excluding carboxylic acids is 1. The lowest BCUT2D eigenvalue weighted by Crippen LogP contribution is -2.37. The molecule has 0 bridgehead atoms. The molecular formula is C22H15F5O. The lowest BCUT2D eigenvalue weighted by molar-refractivity contribution is -0.137. The fourth-order valence-electron chi connectivity index (χ4n) is 3.44. The van der Waals surface area contributed by atoms with E-state index in [4.69, 9.17) is 0 Å². The van der Waals surface area contributed by atoms with Gasteiger partial charge in [0, 0.05) is 0 Å². The molecule has 0 heterocycles. The van der Waals surface area contributed by atoms with Gasteiger partial charge in [0.2, 0.25) is 0 Å². The zero-order chi connectivity index (χ0) is 20.5. The molecule has 1 unspecified atom stereocenters. The first-order valence-corrected chi connectivity index (χ1v) is 8.37. The summed E-state index contributed by atoms with van der Waals surface area (Å²) < 4.78 is 66.4. The lowest BCUT2D eigenvalue weighted by Gasteiger charge is -2.33. The fourth-order valence-corrected chi connectivity index (χ4v) is 3.44. The molecule has 3 aromatic carbocycles. The van der Waals surface area contributed by atoms with Crippen molar-refractivity contribution in [2.45, 2.75) is 18.5 Å². The maximum atomic E-state index is 14.0. The molecule has 1 nitrogen and oxygen atoms in total. The number of ketones is 1. The van der Waals surface area contributed by atoms with Crippen molar-refractivity contribution in [2.24, 2.45) is 0 Å². The summed E-state index contributed by atoms with van der Waals surface area (Å²) in [6.07, 6.45) is -4.54. The normalized spacial score (nSPS) is 13.8. The molecule has 28 heavy (non-hydrogen) atoms. The van der Waals surface area contributed by atoms with Crippen molar-refractivity contribution in [3.05, 3.63) is 107 Å². The third-order valence-corrected chi connectivity index (χ3v) is 4.73. The van der Waals surface area contributed by atoms with Crippen LogP contribution in [0.5, 0.6) is 0 Å². The molecular weight excluding hydrogens is 375 g/mol. The standard InChI is InChI=1S/C22H15F5O/c1-14(28)21(15-5-3-2-4-6-15,18-11-12-19(23)20(24)13-18)16-7-9-17(10-8-16)22(25,26)27/h2-13H,1H3. The van der Waals surface area contributed by atoms with Crippen LogP contribution in [0.2, 0.25) is 0 Å². The minimum Gasteiger partial charge on any atom is -0.298 e. The average Bonchev–Trinajstić information content (AvgIpc) is 2.65. The van der Waals surface area contributed by atoms with Gasteiger partial charge in [0.1, 0.15) is 11.2 Å². The Morgan fingerprint density at radius 1 is 0.679 bits per heavy atom. The molecule has 0 aliphatic heterocycles. The van der Waals surface area contributed by atoms with E-state index in [9.17, 15) is 26.7 Å². The number of carbonyl (C=O) groups is 1. The first-order valence-electron chi connectivity index (χ1n) is 8.37. The van der Waals surface area contributed by atoms with Crippen molar-refractivity contribution in [3.8, 4) is 0 Å². The summed E-state index contributed by atoms with van der Waals surface area (Å²) in [5.41, 5.74) is -1.66. The second-order valence-corrected chi connectivity index (χ2v) is 6.38. The third kappa shape index (κ3) is 3.30. The summed E-state index contributed by atoms with van der Waals surface area (Å²) in [4.78, 5) is 12.9. The number of benzene rings is 3. The van der Waals surface area contributed by atoms with Crippen LogP contribution in [0, 0.1) is 11.6 Å². The van der Waals surface area contributed by atoms with Crippen molar-refractivity contribution in [1.82, 2.24) is 0 Å².